The molecule has 3 N–H and O–H groups in total. The van der Waals surface area contributed by atoms with Crippen molar-refractivity contribution in [1.82, 2.24) is 20.2 Å². The monoisotopic (exact) mass is 357 g/mol. The fourth-order valence-electron chi connectivity index (χ4n) is 2.30. The Morgan fingerprint density at radius 1 is 1.28 bits per heavy atom. The van der Waals surface area contributed by atoms with Gasteiger partial charge in [-0.2, -0.15) is 0 Å². The highest BCUT2D eigenvalue weighted by molar-refractivity contribution is 7.99. The molecule has 0 saturated heterocycles. The van der Waals surface area contributed by atoms with Crippen molar-refractivity contribution in [1.29, 1.82) is 0 Å². The standard InChI is InChI=1S/C17H19N5O2S/c1-12(13-6-3-2-4-7-13)10-19-15(23)11-25-17-21-20-16(22(17)18)14-8-5-9-24-14/h2-9,12H,10-11,18H2,1H3,(H,19,23). The average Bonchev–Trinajstić information content (AvgIpc) is 3.28. The van der Waals surface area contributed by atoms with E-state index in [1.165, 1.54) is 28.3 Å². The summed E-state index contributed by atoms with van der Waals surface area (Å²) in [5.74, 6) is 7.30. The van der Waals surface area contributed by atoms with Crippen LogP contribution < -0.4 is 11.2 Å². The summed E-state index contributed by atoms with van der Waals surface area (Å²) in [5.41, 5.74) is 1.19. The summed E-state index contributed by atoms with van der Waals surface area (Å²) < 4.78 is 6.58. The van der Waals surface area contributed by atoms with Crippen molar-refractivity contribution in [2.45, 2.75) is 18.0 Å². The Morgan fingerprint density at radius 3 is 2.80 bits per heavy atom. The molecular formula is C17H19N5O2S. The van der Waals surface area contributed by atoms with E-state index in [2.05, 4.69) is 34.6 Å². The Kier molecular flexibility index (Phi) is 5.39. The van der Waals surface area contributed by atoms with Crippen LogP contribution in [0.2, 0.25) is 0 Å². The zero-order valence-corrected chi connectivity index (χ0v) is 14.6. The molecule has 1 unspecified atom stereocenters. The van der Waals surface area contributed by atoms with Crippen molar-refractivity contribution in [2.75, 3.05) is 18.1 Å². The van der Waals surface area contributed by atoms with Crippen molar-refractivity contribution in [2.24, 2.45) is 0 Å². The Labute approximate surface area is 149 Å². The van der Waals surface area contributed by atoms with E-state index >= 15 is 0 Å². The van der Waals surface area contributed by atoms with E-state index in [-0.39, 0.29) is 17.6 Å². The molecule has 1 atom stereocenters. The van der Waals surface area contributed by atoms with E-state index in [0.29, 0.717) is 23.3 Å². The van der Waals surface area contributed by atoms with Crippen molar-refractivity contribution in [3.8, 4) is 11.6 Å². The molecule has 0 bridgehead atoms. The van der Waals surface area contributed by atoms with Gasteiger partial charge >= 0.3 is 0 Å². The SMILES string of the molecule is CC(CNC(=O)CSc1nnc(-c2ccco2)n1N)c1ccccc1. The van der Waals surface area contributed by atoms with Gasteiger partial charge in [-0.25, -0.2) is 4.68 Å². The number of nitrogen functional groups attached to an aromatic ring is 1. The number of carbonyl (C=O) groups is 1. The Morgan fingerprint density at radius 2 is 2.08 bits per heavy atom. The van der Waals surface area contributed by atoms with Gasteiger partial charge in [-0.05, 0) is 23.6 Å². The second-order valence-corrected chi connectivity index (χ2v) is 6.50. The number of hydrogen-bond acceptors (Lipinski definition) is 6. The molecule has 25 heavy (non-hydrogen) atoms. The molecule has 0 aliphatic rings. The molecule has 0 saturated carbocycles. The predicted octanol–water partition coefficient (Wildman–Crippen LogP) is 2.26. The zero-order valence-electron chi connectivity index (χ0n) is 13.8. The molecule has 0 spiro atoms. The van der Waals surface area contributed by atoms with Gasteiger partial charge in [0.05, 0.1) is 12.0 Å². The molecule has 1 aromatic carbocycles. The van der Waals surface area contributed by atoms with Gasteiger partial charge in [-0.15, -0.1) is 10.2 Å². The van der Waals surface area contributed by atoms with Crippen LogP contribution in [0, 0.1) is 0 Å². The van der Waals surface area contributed by atoms with Crippen molar-refractivity contribution >= 4 is 17.7 Å². The number of hydrogen-bond donors (Lipinski definition) is 2. The summed E-state index contributed by atoms with van der Waals surface area (Å²) in [4.78, 5) is 12.1. The van der Waals surface area contributed by atoms with Crippen molar-refractivity contribution < 1.29 is 9.21 Å². The molecule has 0 radical (unpaired) electrons. The number of amides is 1. The van der Waals surface area contributed by atoms with Gasteiger partial charge in [0.25, 0.3) is 0 Å². The first-order valence-corrected chi connectivity index (χ1v) is 8.82. The van der Waals surface area contributed by atoms with Crippen LogP contribution in [0.3, 0.4) is 0 Å². The minimum Gasteiger partial charge on any atom is -0.461 e. The van der Waals surface area contributed by atoms with Crippen LogP contribution in [0.4, 0.5) is 0 Å². The van der Waals surface area contributed by atoms with Gasteiger partial charge in [0.1, 0.15) is 0 Å². The summed E-state index contributed by atoms with van der Waals surface area (Å²) in [6, 6.07) is 13.6. The summed E-state index contributed by atoms with van der Waals surface area (Å²) in [7, 11) is 0. The molecule has 130 valence electrons. The number of nitrogens with zero attached hydrogens (tertiary/aromatic N) is 3. The van der Waals surface area contributed by atoms with Crippen LogP contribution >= 0.6 is 11.8 Å². The third-order valence-corrected chi connectivity index (χ3v) is 4.66. The number of aromatic nitrogens is 3. The zero-order chi connectivity index (χ0) is 17.6. The smallest absolute Gasteiger partial charge is 0.230 e. The lowest BCUT2D eigenvalue weighted by atomic mass is 10.0. The second-order valence-electron chi connectivity index (χ2n) is 5.56. The first-order chi connectivity index (χ1) is 12.1. The van der Waals surface area contributed by atoms with Crippen LogP contribution in [0.25, 0.3) is 11.6 Å². The number of furan rings is 1. The number of nitrogens with one attached hydrogen (secondary N) is 1. The van der Waals surface area contributed by atoms with Crippen molar-refractivity contribution in [3.05, 3.63) is 54.3 Å². The number of nitrogens with two attached hydrogens (primary N) is 1. The van der Waals surface area contributed by atoms with E-state index in [1.54, 1.807) is 12.1 Å². The van der Waals surface area contributed by atoms with E-state index < -0.39 is 0 Å². The molecule has 3 aromatic rings. The summed E-state index contributed by atoms with van der Waals surface area (Å²) >= 11 is 1.23. The van der Waals surface area contributed by atoms with Crippen LogP contribution in [0.15, 0.2) is 58.3 Å². The van der Waals surface area contributed by atoms with E-state index in [1.807, 2.05) is 18.2 Å². The molecule has 0 aliphatic heterocycles. The van der Waals surface area contributed by atoms with Crippen LogP contribution in [-0.2, 0) is 4.79 Å². The molecule has 2 aromatic heterocycles. The number of rotatable bonds is 7. The molecule has 7 nitrogen and oxygen atoms in total. The molecule has 0 fully saturated rings. The first-order valence-electron chi connectivity index (χ1n) is 7.84. The highest BCUT2D eigenvalue weighted by Crippen LogP contribution is 2.21. The normalized spacial score (nSPS) is 12.0. The lowest BCUT2D eigenvalue weighted by Crippen LogP contribution is -2.29. The maximum atomic E-state index is 12.1. The van der Waals surface area contributed by atoms with Crippen LogP contribution in [0.1, 0.15) is 18.4 Å². The quantitative estimate of drug-likeness (QED) is 0.497. The maximum Gasteiger partial charge on any atom is 0.230 e. The van der Waals surface area contributed by atoms with Gasteiger partial charge in [0, 0.05) is 6.54 Å². The molecule has 0 aliphatic carbocycles. The highest BCUT2D eigenvalue weighted by atomic mass is 32.2. The lowest BCUT2D eigenvalue weighted by molar-refractivity contribution is -0.118. The lowest BCUT2D eigenvalue weighted by Gasteiger charge is -2.12. The average molecular weight is 357 g/mol. The molecule has 1 amide bonds. The fraction of sp³-hybridized carbons (Fsp3) is 0.235. The first kappa shape index (κ1) is 17.1. The maximum absolute atomic E-state index is 12.1. The van der Waals surface area contributed by atoms with Gasteiger partial charge in [-0.3, -0.25) is 4.79 Å². The molecular weight excluding hydrogens is 338 g/mol. The summed E-state index contributed by atoms with van der Waals surface area (Å²) in [6.07, 6.45) is 1.54. The van der Waals surface area contributed by atoms with Crippen LogP contribution in [0.5, 0.6) is 0 Å². The minimum absolute atomic E-state index is 0.0738. The van der Waals surface area contributed by atoms with E-state index in [4.69, 9.17) is 10.3 Å². The Balaban J connectivity index is 1.50. The Hall–Kier alpha value is -2.74. The topological polar surface area (TPSA) is 99.0 Å². The number of benzene rings is 1. The Bertz CT molecular complexity index is 817. The van der Waals surface area contributed by atoms with Gasteiger partial charge < -0.3 is 15.6 Å². The van der Waals surface area contributed by atoms with E-state index in [9.17, 15) is 4.79 Å². The van der Waals surface area contributed by atoms with Gasteiger partial charge in [0.2, 0.25) is 16.9 Å². The third-order valence-electron chi connectivity index (χ3n) is 3.71. The summed E-state index contributed by atoms with van der Waals surface area (Å²) in [5, 5.41) is 11.4. The van der Waals surface area contributed by atoms with Crippen molar-refractivity contribution in [3.63, 3.8) is 0 Å². The van der Waals surface area contributed by atoms with Crippen LogP contribution in [-0.4, -0.2) is 33.1 Å². The predicted molar refractivity (Wildman–Crippen MR) is 96.5 cm³/mol. The van der Waals surface area contributed by atoms with E-state index in [0.717, 1.165) is 0 Å². The minimum atomic E-state index is -0.0738. The number of carbonyl (C=O) groups excluding carboxylic acids is 1. The largest absolute Gasteiger partial charge is 0.461 e. The van der Waals surface area contributed by atoms with Gasteiger partial charge in [0.15, 0.2) is 5.76 Å². The molecule has 8 heteroatoms. The second kappa shape index (κ2) is 7.89. The van der Waals surface area contributed by atoms with Gasteiger partial charge in [-0.1, -0.05) is 49.0 Å². The fourth-order valence-corrected chi connectivity index (χ4v) is 2.98. The number of thioether (sulfide) groups is 1. The molecule has 2 heterocycles. The highest BCUT2D eigenvalue weighted by Gasteiger charge is 2.15. The molecule has 3 rings (SSSR count). The summed E-state index contributed by atoms with van der Waals surface area (Å²) in [6.45, 7) is 2.66. The third kappa shape index (κ3) is 4.21.